The van der Waals surface area contributed by atoms with Crippen molar-refractivity contribution in [1.29, 1.82) is 0 Å². The molecule has 2 heterocycles. The van der Waals surface area contributed by atoms with Gasteiger partial charge in [0.1, 0.15) is 0 Å². The molecular formula is C9H12ClN3O. The van der Waals surface area contributed by atoms with Crippen molar-refractivity contribution in [3.8, 4) is 0 Å². The van der Waals surface area contributed by atoms with E-state index in [4.69, 9.17) is 16.3 Å². The highest BCUT2D eigenvalue weighted by Crippen LogP contribution is 2.11. The van der Waals surface area contributed by atoms with Gasteiger partial charge in [-0.1, -0.05) is 11.6 Å². The quantitative estimate of drug-likeness (QED) is 0.813. The Bertz CT molecular complexity index is 285. The molecule has 0 unspecified atom stereocenters. The summed E-state index contributed by atoms with van der Waals surface area (Å²) in [5, 5.41) is 3.75. The van der Waals surface area contributed by atoms with Crippen molar-refractivity contribution in [1.82, 2.24) is 9.97 Å². The van der Waals surface area contributed by atoms with Gasteiger partial charge in [0, 0.05) is 6.61 Å². The summed E-state index contributed by atoms with van der Waals surface area (Å²) in [5.41, 5.74) is 0. The third-order valence-electron chi connectivity index (χ3n) is 2.11. The van der Waals surface area contributed by atoms with Crippen molar-refractivity contribution in [3.05, 3.63) is 17.4 Å². The zero-order valence-electron chi connectivity index (χ0n) is 7.74. The van der Waals surface area contributed by atoms with Gasteiger partial charge >= 0.3 is 0 Å². The molecule has 1 aliphatic heterocycles. The minimum atomic E-state index is 0.324. The van der Waals surface area contributed by atoms with E-state index < -0.39 is 0 Å². The van der Waals surface area contributed by atoms with Crippen molar-refractivity contribution < 1.29 is 4.74 Å². The van der Waals surface area contributed by atoms with E-state index in [-0.39, 0.29) is 0 Å². The summed E-state index contributed by atoms with van der Waals surface area (Å²) < 4.78 is 5.33. The summed E-state index contributed by atoms with van der Waals surface area (Å²) in [6, 6.07) is 0.324. The Morgan fingerprint density at radius 1 is 1.43 bits per heavy atom. The van der Waals surface area contributed by atoms with Crippen LogP contribution in [-0.2, 0) is 4.74 Å². The van der Waals surface area contributed by atoms with Crippen LogP contribution in [-0.4, -0.2) is 29.2 Å². The molecule has 0 aromatic carbocycles. The maximum absolute atomic E-state index is 5.68. The molecule has 1 aliphatic rings. The molecule has 0 amide bonds. The molecule has 0 radical (unpaired) electrons. The van der Waals surface area contributed by atoms with Gasteiger partial charge in [-0.3, -0.25) is 0 Å². The SMILES string of the molecule is Clc1cnc(N[C@@H]2CCCOC2)nc1. The Balaban J connectivity index is 1.92. The van der Waals surface area contributed by atoms with Gasteiger partial charge in [0.05, 0.1) is 30.1 Å². The van der Waals surface area contributed by atoms with Gasteiger partial charge in [-0.05, 0) is 12.8 Å². The van der Waals surface area contributed by atoms with Crippen molar-refractivity contribution in [2.45, 2.75) is 18.9 Å². The number of hydrogen-bond donors (Lipinski definition) is 1. The molecular weight excluding hydrogens is 202 g/mol. The van der Waals surface area contributed by atoms with Gasteiger partial charge in [0.2, 0.25) is 5.95 Å². The van der Waals surface area contributed by atoms with Crippen LogP contribution in [0.3, 0.4) is 0 Å². The van der Waals surface area contributed by atoms with Gasteiger partial charge in [-0.15, -0.1) is 0 Å². The summed E-state index contributed by atoms with van der Waals surface area (Å²) in [5.74, 6) is 0.616. The first-order valence-electron chi connectivity index (χ1n) is 4.66. The minimum absolute atomic E-state index is 0.324. The largest absolute Gasteiger partial charge is 0.379 e. The monoisotopic (exact) mass is 213 g/mol. The minimum Gasteiger partial charge on any atom is -0.379 e. The van der Waals surface area contributed by atoms with Gasteiger partial charge in [-0.2, -0.15) is 0 Å². The van der Waals surface area contributed by atoms with E-state index in [2.05, 4.69) is 15.3 Å². The summed E-state index contributed by atoms with van der Waals surface area (Å²) in [4.78, 5) is 8.13. The standard InChI is InChI=1S/C9H12ClN3O/c10-7-4-11-9(12-5-7)13-8-2-1-3-14-6-8/h4-5,8H,1-3,6H2,(H,11,12,13)/t8-/m1/s1. The molecule has 1 atom stereocenters. The summed E-state index contributed by atoms with van der Waals surface area (Å²) in [7, 11) is 0. The van der Waals surface area contributed by atoms with Crippen molar-refractivity contribution >= 4 is 17.5 Å². The number of nitrogens with zero attached hydrogens (tertiary/aromatic N) is 2. The fourth-order valence-corrected chi connectivity index (χ4v) is 1.52. The predicted molar refractivity (Wildman–Crippen MR) is 54.5 cm³/mol. The second kappa shape index (κ2) is 4.57. The van der Waals surface area contributed by atoms with Crippen molar-refractivity contribution in [3.63, 3.8) is 0 Å². The van der Waals surface area contributed by atoms with Crippen LogP contribution in [0.15, 0.2) is 12.4 Å². The topological polar surface area (TPSA) is 47.0 Å². The van der Waals surface area contributed by atoms with Gasteiger partial charge in [0.15, 0.2) is 0 Å². The zero-order valence-corrected chi connectivity index (χ0v) is 8.50. The average Bonchev–Trinajstić information content (AvgIpc) is 2.23. The van der Waals surface area contributed by atoms with Crippen molar-refractivity contribution in [2.75, 3.05) is 18.5 Å². The highest BCUT2D eigenvalue weighted by molar-refractivity contribution is 6.30. The van der Waals surface area contributed by atoms with Gasteiger partial charge in [-0.25, -0.2) is 9.97 Å². The molecule has 1 saturated heterocycles. The molecule has 0 aliphatic carbocycles. The lowest BCUT2D eigenvalue weighted by Crippen LogP contribution is -2.30. The third-order valence-corrected chi connectivity index (χ3v) is 2.31. The number of nitrogens with one attached hydrogen (secondary N) is 1. The van der Waals surface area contributed by atoms with Gasteiger partial charge < -0.3 is 10.1 Å². The highest BCUT2D eigenvalue weighted by Gasteiger charge is 2.13. The lowest BCUT2D eigenvalue weighted by atomic mass is 10.1. The Hall–Kier alpha value is -0.870. The summed E-state index contributed by atoms with van der Waals surface area (Å²) >= 11 is 5.68. The van der Waals surface area contributed by atoms with Crippen LogP contribution in [0.5, 0.6) is 0 Å². The number of halogens is 1. The van der Waals surface area contributed by atoms with Crippen molar-refractivity contribution in [2.24, 2.45) is 0 Å². The van der Waals surface area contributed by atoms with Crippen LogP contribution in [0.2, 0.25) is 5.02 Å². The number of rotatable bonds is 2. The lowest BCUT2D eigenvalue weighted by molar-refractivity contribution is 0.0874. The molecule has 5 heteroatoms. The normalized spacial score (nSPS) is 21.9. The van der Waals surface area contributed by atoms with Crippen LogP contribution in [0.1, 0.15) is 12.8 Å². The molecule has 2 rings (SSSR count). The fraction of sp³-hybridized carbons (Fsp3) is 0.556. The average molecular weight is 214 g/mol. The molecule has 76 valence electrons. The summed E-state index contributed by atoms with van der Waals surface area (Å²) in [6.07, 6.45) is 5.36. The van der Waals surface area contributed by atoms with Gasteiger partial charge in [0.25, 0.3) is 0 Å². The maximum Gasteiger partial charge on any atom is 0.222 e. The first kappa shape index (κ1) is 9.68. The molecule has 0 saturated carbocycles. The van der Waals surface area contributed by atoms with E-state index >= 15 is 0 Å². The second-order valence-electron chi connectivity index (χ2n) is 3.28. The van der Waals surface area contributed by atoms with Crippen LogP contribution in [0.4, 0.5) is 5.95 Å². The Morgan fingerprint density at radius 3 is 2.86 bits per heavy atom. The Morgan fingerprint density at radius 2 is 2.21 bits per heavy atom. The first-order valence-corrected chi connectivity index (χ1v) is 5.04. The van der Waals surface area contributed by atoms with E-state index in [1.807, 2.05) is 0 Å². The Kier molecular flexibility index (Phi) is 3.16. The smallest absolute Gasteiger partial charge is 0.222 e. The third kappa shape index (κ3) is 2.56. The van der Waals surface area contributed by atoms with E-state index in [1.165, 1.54) is 0 Å². The molecule has 0 bridgehead atoms. The molecule has 1 aromatic heterocycles. The first-order chi connectivity index (χ1) is 6.84. The highest BCUT2D eigenvalue weighted by atomic mass is 35.5. The van der Waals surface area contributed by atoms with Crippen LogP contribution < -0.4 is 5.32 Å². The van der Waals surface area contributed by atoms with E-state index in [9.17, 15) is 0 Å². The predicted octanol–water partition coefficient (Wildman–Crippen LogP) is 1.72. The number of anilines is 1. The molecule has 0 spiro atoms. The van der Waals surface area contributed by atoms with Crippen LogP contribution >= 0.6 is 11.6 Å². The van der Waals surface area contributed by atoms with Crippen LogP contribution in [0.25, 0.3) is 0 Å². The number of ether oxygens (including phenoxy) is 1. The maximum atomic E-state index is 5.68. The fourth-order valence-electron chi connectivity index (χ4n) is 1.42. The van der Waals surface area contributed by atoms with E-state index in [0.29, 0.717) is 17.0 Å². The molecule has 14 heavy (non-hydrogen) atoms. The summed E-state index contributed by atoms with van der Waals surface area (Å²) in [6.45, 7) is 1.59. The lowest BCUT2D eigenvalue weighted by Gasteiger charge is -2.22. The Labute approximate surface area is 87.7 Å². The molecule has 1 fully saturated rings. The molecule has 1 N–H and O–H groups in total. The second-order valence-corrected chi connectivity index (χ2v) is 3.72. The molecule has 1 aromatic rings. The number of hydrogen-bond acceptors (Lipinski definition) is 4. The zero-order chi connectivity index (χ0) is 9.80. The van der Waals surface area contributed by atoms with Crippen LogP contribution in [0, 0.1) is 0 Å². The molecule has 4 nitrogen and oxygen atoms in total. The van der Waals surface area contributed by atoms with E-state index in [0.717, 1.165) is 26.1 Å². The number of aromatic nitrogens is 2. The van der Waals surface area contributed by atoms with E-state index in [1.54, 1.807) is 12.4 Å².